The van der Waals surface area contributed by atoms with Crippen LogP contribution in [0.4, 0.5) is 0 Å². The van der Waals surface area contributed by atoms with Gasteiger partial charge in [0.2, 0.25) is 0 Å². The summed E-state index contributed by atoms with van der Waals surface area (Å²) in [6.07, 6.45) is 16.2. The number of unbranched alkanes of at least 4 members (excludes halogenated alkanes) is 5. The smallest absolute Gasteiger partial charge is 0.103 e. The maximum absolute atomic E-state index is 5.75. The topological polar surface area (TPSA) is 18.5 Å². The second kappa shape index (κ2) is 13.0. The Morgan fingerprint density at radius 3 is 1.45 bits per heavy atom. The minimum Gasteiger partial charge on any atom is -0.368 e. The molecule has 0 aromatic carbocycles. The van der Waals surface area contributed by atoms with Gasteiger partial charge in [-0.3, -0.25) is 0 Å². The third-order valence-electron chi connectivity index (χ3n) is 4.42. The normalized spacial score (nSPS) is 26.2. The molecule has 0 N–H and O–H groups in total. The monoisotopic (exact) mass is 346 g/mol. The average molecular weight is 347 g/mol. The van der Waals surface area contributed by atoms with Gasteiger partial charge in [-0.1, -0.05) is 25.7 Å². The molecule has 2 aliphatic rings. The maximum atomic E-state index is 5.75. The number of rotatable bonds is 11. The van der Waals surface area contributed by atoms with Crippen molar-refractivity contribution in [3.63, 3.8) is 0 Å². The second-order valence-electron chi connectivity index (χ2n) is 6.46. The fraction of sp³-hybridized carbons (Fsp3) is 1.00. The Kier molecular flexibility index (Phi) is 11.2. The summed E-state index contributed by atoms with van der Waals surface area (Å²) in [6.45, 7) is 1.98. The van der Waals surface area contributed by atoms with Crippen molar-refractivity contribution in [3.8, 4) is 0 Å². The Hall–Kier alpha value is 0.620. The third kappa shape index (κ3) is 9.05. The summed E-state index contributed by atoms with van der Waals surface area (Å²) in [5, 5.41) is 0. The molecule has 2 fully saturated rings. The van der Waals surface area contributed by atoms with Gasteiger partial charge in [-0.25, -0.2) is 0 Å². The van der Waals surface area contributed by atoms with Gasteiger partial charge in [-0.15, -0.1) is 23.5 Å². The fourth-order valence-electron chi connectivity index (χ4n) is 3.03. The van der Waals surface area contributed by atoms with Crippen molar-refractivity contribution in [1.82, 2.24) is 0 Å². The number of hydrogen-bond donors (Lipinski definition) is 0. The summed E-state index contributed by atoms with van der Waals surface area (Å²) >= 11 is 4.09. The molecule has 0 saturated carbocycles. The highest BCUT2D eigenvalue weighted by atomic mass is 32.2. The summed E-state index contributed by atoms with van der Waals surface area (Å²) < 4.78 is 11.5. The van der Waals surface area contributed by atoms with Crippen LogP contribution in [0.5, 0.6) is 0 Å². The van der Waals surface area contributed by atoms with Gasteiger partial charge in [0, 0.05) is 13.2 Å². The zero-order valence-electron chi connectivity index (χ0n) is 14.1. The predicted molar refractivity (Wildman–Crippen MR) is 99.8 cm³/mol. The van der Waals surface area contributed by atoms with Crippen LogP contribution in [0.25, 0.3) is 0 Å². The van der Waals surface area contributed by atoms with E-state index in [1.807, 2.05) is 23.5 Å². The Morgan fingerprint density at radius 2 is 1.05 bits per heavy atom. The Labute approximate surface area is 145 Å². The van der Waals surface area contributed by atoms with E-state index >= 15 is 0 Å². The van der Waals surface area contributed by atoms with E-state index in [-0.39, 0.29) is 0 Å². The largest absolute Gasteiger partial charge is 0.368 e. The highest BCUT2D eigenvalue weighted by Crippen LogP contribution is 2.25. The molecule has 130 valence electrons. The average Bonchev–Trinajstić information content (AvgIpc) is 2.58. The molecule has 0 aliphatic carbocycles. The van der Waals surface area contributed by atoms with Crippen molar-refractivity contribution < 1.29 is 9.47 Å². The van der Waals surface area contributed by atoms with Gasteiger partial charge in [0.1, 0.15) is 10.9 Å². The minimum absolute atomic E-state index is 0.507. The van der Waals surface area contributed by atoms with Crippen LogP contribution in [0.2, 0.25) is 0 Å². The molecule has 0 radical (unpaired) electrons. The van der Waals surface area contributed by atoms with Gasteiger partial charge in [-0.05, 0) is 62.9 Å². The van der Waals surface area contributed by atoms with Crippen LogP contribution in [0.3, 0.4) is 0 Å². The lowest BCUT2D eigenvalue weighted by Crippen LogP contribution is -2.15. The van der Waals surface area contributed by atoms with E-state index in [1.165, 1.54) is 88.6 Å². The molecule has 0 spiro atoms. The summed E-state index contributed by atoms with van der Waals surface area (Å²) in [6, 6.07) is 0. The van der Waals surface area contributed by atoms with Crippen LogP contribution in [-0.4, -0.2) is 35.6 Å². The van der Waals surface area contributed by atoms with E-state index in [0.29, 0.717) is 10.9 Å². The molecule has 2 aliphatic heterocycles. The Morgan fingerprint density at radius 1 is 0.591 bits per heavy atom. The van der Waals surface area contributed by atoms with Crippen LogP contribution in [-0.2, 0) is 9.47 Å². The SMILES string of the molecule is C(CCCCSC1CCCCO1)CCCSC1CCCCO1. The quantitative estimate of drug-likeness (QED) is 0.437. The zero-order valence-corrected chi connectivity index (χ0v) is 15.7. The molecule has 0 amide bonds. The molecular weight excluding hydrogens is 312 g/mol. The molecule has 22 heavy (non-hydrogen) atoms. The molecule has 0 bridgehead atoms. The molecule has 4 heteroatoms. The van der Waals surface area contributed by atoms with Gasteiger partial charge >= 0.3 is 0 Å². The lowest BCUT2D eigenvalue weighted by molar-refractivity contribution is 0.0727. The van der Waals surface area contributed by atoms with Crippen molar-refractivity contribution in [2.75, 3.05) is 24.7 Å². The van der Waals surface area contributed by atoms with E-state index in [4.69, 9.17) is 9.47 Å². The molecular formula is C18H34O2S2. The first kappa shape index (κ1) is 19.0. The lowest BCUT2D eigenvalue weighted by Gasteiger charge is -2.22. The van der Waals surface area contributed by atoms with E-state index in [9.17, 15) is 0 Å². The Balaban J connectivity index is 1.28. The van der Waals surface area contributed by atoms with Crippen molar-refractivity contribution in [2.45, 2.75) is 87.9 Å². The van der Waals surface area contributed by atoms with Crippen LogP contribution >= 0.6 is 23.5 Å². The maximum Gasteiger partial charge on any atom is 0.103 e. The molecule has 0 aromatic heterocycles. The van der Waals surface area contributed by atoms with Gasteiger partial charge in [0.05, 0.1) is 0 Å². The van der Waals surface area contributed by atoms with Crippen molar-refractivity contribution in [1.29, 1.82) is 0 Å². The predicted octanol–water partition coefficient (Wildman–Crippen LogP) is 5.85. The minimum atomic E-state index is 0.507. The molecule has 2 saturated heterocycles. The van der Waals surface area contributed by atoms with Crippen molar-refractivity contribution in [3.05, 3.63) is 0 Å². The van der Waals surface area contributed by atoms with Crippen molar-refractivity contribution in [2.24, 2.45) is 0 Å². The molecule has 0 aromatic rings. The number of ether oxygens (including phenoxy) is 2. The van der Waals surface area contributed by atoms with Crippen LogP contribution in [0.1, 0.15) is 77.0 Å². The van der Waals surface area contributed by atoms with Crippen molar-refractivity contribution >= 4 is 23.5 Å². The summed E-state index contributed by atoms with van der Waals surface area (Å²) in [4.78, 5) is 0. The number of hydrogen-bond acceptors (Lipinski definition) is 4. The summed E-state index contributed by atoms with van der Waals surface area (Å²) in [5.74, 6) is 2.58. The van der Waals surface area contributed by atoms with Gasteiger partial charge in [0.15, 0.2) is 0 Å². The highest BCUT2D eigenvalue weighted by molar-refractivity contribution is 7.99. The molecule has 2 rings (SSSR count). The first-order valence-corrected chi connectivity index (χ1v) is 11.5. The Bertz CT molecular complexity index is 225. The molecule has 2 nitrogen and oxygen atoms in total. The summed E-state index contributed by atoms with van der Waals surface area (Å²) in [5.41, 5.74) is 1.01. The molecule has 2 heterocycles. The second-order valence-corrected chi connectivity index (χ2v) is 8.99. The first-order valence-electron chi connectivity index (χ1n) is 9.41. The standard InChI is InChI=1S/C18H34O2S2/c1(3-9-15-21-17-11-5-7-13-19-17)2-4-10-16-22-18-12-6-8-14-20-18/h17-18H,1-16H2. The lowest BCUT2D eigenvalue weighted by atomic mass is 10.1. The third-order valence-corrected chi connectivity index (χ3v) is 6.96. The van der Waals surface area contributed by atoms with Gasteiger partial charge in [-0.2, -0.15) is 0 Å². The zero-order chi connectivity index (χ0) is 15.3. The van der Waals surface area contributed by atoms with Gasteiger partial charge in [0.25, 0.3) is 0 Å². The fourth-order valence-corrected chi connectivity index (χ4v) is 5.34. The van der Waals surface area contributed by atoms with Crippen LogP contribution < -0.4 is 0 Å². The number of thioether (sulfide) groups is 2. The van der Waals surface area contributed by atoms with E-state index in [1.54, 1.807) is 0 Å². The highest BCUT2D eigenvalue weighted by Gasteiger charge is 2.14. The molecule has 2 atom stereocenters. The first-order chi connectivity index (χ1) is 10.9. The van der Waals surface area contributed by atoms with E-state index < -0.39 is 0 Å². The summed E-state index contributed by atoms with van der Waals surface area (Å²) in [7, 11) is 0. The molecule has 2 unspecified atom stereocenters. The van der Waals surface area contributed by atoms with E-state index in [2.05, 4.69) is 0 Å². The van der Waals surface area contributed by atoms with Crippen LogP contribution in [0.15, 0.2) is 0 Å². The van der Waals surface area contributed by atoms with Gasteiger partial charge < -0.3 is 9.47 Å². The van der Waals surface area contributed by atoms with Crippen LogP contribution in [0, 0.1) is 0 Å². The van der Waals surface area contributed by atoms with E-state index in [0.717, 1.165) is 13.2 Å².